The van der Waals surface area contributed by atoms with E-state index < -0.39 is 11.0 Å². The lowest BCUT2D eigenvalue weighted by Crippen LogP contribution is -2.44. The molecule has 1 saturated carbocycles. The van der Waals surface area contributed by atoms with Crippen LogP contribution in [-0.2, 0) is 14.3 Å². The number of ether oxygens (including phenoxy) is 1. The first-order chi connectivity index (χ1) is 8.60. The summed E-state index contributed by atoms with van der Waals surface area (Å²) >= 11 is 0. The highest BCUT2D eigenvalue weighted by Gasteiger charge is 2.33. The SMILES string of the molecule is CC(C)(C)OC(=O)C(C)(C)CNC1CCC(=O)CC1. The van der Waals surface area contributed by atoms with Gasteiger partial charge in [0.2, 0.25) is 0 Å². The fourth-order valence-corrected chi connectivity index (χ4v) is 2.03. The van der Waals surface area contributed by atoms with Gasteiger partial charge in [-0.05, 0) is 47.5 Å². The third kappa shape index (κ3) is 5.72. The second-order valence-electron chi connectivity index (χ2n) is 7.08. The van der Waals surface area contributed by atoms with Crippen LogP contribution < -0.4 is 5.32 Å². The van der Waals surface area contributed by atoms with Crippen LogP contribution in [0.5, 0.6) is 0 Å². The van der Waals surface area contributed by atoms with Crippen LogP contribution in [0.1, 0.15) is 60.3 Å². The minimum absolute atomic E-state index is 0.181. The Labute approximate surface area is 116 Å². The van der Waals surface area contributed by atoms with Crippen molar-refractivity contribution in [2.45, 2.75) is 71.9 Å². The lowest BCUT2D eigenvalue weighted by atomic mass is 9.90. The standard InChI is InChI=1S/C15H27NO3/c1-14(2,3)19-13(18)15(4,5)10-16-11-6-8-12(17)9-7-11/h11,16H,6-10H2,1-5H3. The molecule has 0 aromatic heterocycles. The molecule has 4 heteroatoms. The van der Waals surface area contributed by atoms with E-state index in [4.69, 9.17) is 4.74 Å². The zero-order valence-electron chi connectivity index (χ0n) is 12.8. The van der Waals surface area contributed by atoms with Gasteiger partial charge in [0.25, 0.3) is 0 Å². The quantitative estimate of drug-likeness (QED) is 0.797. The molecule has 1 fully saturated rings. The predicted molar refractivity (Wildman–Crippen MR) is 74.9 cm³/mol. The number of Topliss-reactive ketones (excluding diaryl/α,β-unsaturated/α-hetero) is 1. The van der Waals surface area contributed by atoms with Crippen LogP contribution >= 0.6 is 0 Å². The summed E-state index contributed by atoms with van der Waals surface area (Å²) in [5, 5.41) is 3.40. The first-order valence-corrected chi connectivity index (χ1v) is 7.09. The molecule has 0 amide bonds. The second kappa shape index (κ2) is 6.04. The normalized spacial score (nSPS) is 18.5. The fraction of sp³-hybridized carbons (Fsp3) is 0.867. The molecule has 0 bridgehead atoms. The lowest BCUT2D eigenvalue weighted by molar-refractivity contribution is -0.165. The summed E-state index contributed by atoms with van der Waals surface area (Å²) in [5.41, 5.74) is -1.000. The van der Waals surface area contributed by atoms with Crippen LogP contribution in [0, 0.1) is 5.41 Å². The maximum atomic E-state index is 12.1. The van der Waals surface area contributed by atoms with Gasteiger partial charge in [-0.2, -0.15) is 0 Å². The van der Waals surface area contributed by atoms with Crippen LogP contribution in [0.2, 0.25) is 0 Å². The second-order valence-corrected chi connectivity index (χ2v) is 7.08. The molecule has 0 aromatic rings. The molecule has 1 aliphatic carbocycles. The van der Waals surface area contributed by atoms with E-state index in [0.29, 0.717) is 31.2 Å². The highest BCUT2D eigenvalue weighted by atomic mass is 16.6. The monoisotopic (exact) mass is 269 g/mol. The van der Waals surface area contributed by atoms with Crippen LogP contribution in [0.25, 0.3) is 0 Å². The largest absolute Gasteiger partial charge is 0.460 e. The van der Waals surface area contributed by atoms with E-state index >= 15 is 0 Å². The molecule has 1 aliphatic rings. The number of rotatable bonds is 4. The average molecular weight is 269 g/mol. The third-order valence-electron chi connectivity index (χ3n) is 3.33. The van der Waals surface area contributed by atoms with Crippen molar-refractivity contribution in [2.75, 3.05) is 6.54 Å². The molecule has 0 aliphatic heterocycles. The van der Waals surface area contributed by atoms with Crippen LogP contribution in [0.15, 0.2) is 0 Å². The summed E-state index contributed by atoms with van der Waals surface area (Å²) in [6.07, 6.45) is 3.07. The number of hydrogen-bond acceptors (Lipinski definition) is 4. The highest BCUT2D eigenvalue weighted by molar-refractivity contribution is 5.79. The van der Waals surface area contributed by atoms with Crippen molar-refractivity contribution in [3.05, 3.63) is 0 Å². The molecular weight excluding hydrogens is 242 g/mol. The van der Waals surface area contributed by atoms with Crippen LogP contribution in [0.4, 0.5) is 0 Å². The molecule has 1 rings (SSSR count). The first kappa shape index (κ1) is 16.2. The Morgan fingerprint density at radius 1 is 1.21 bits per heavy atom. The molecule has 110 valence electrons. The molecule has 19 heavy (non-hydrogen) atoms. The zero-order valence-corrected chi connectivity index (χ0v) is 12.8. The van der Waals surface area contributed by atoms with Gasteiger partial charge in [0.15, 0.2) is 0 Å². The van der Waals surface area contributed by atoms with E-state index in [1.54, 1.807) is 0 Å². The number of hydrogen-bond donors (Lipinski definition) is 1. The number of carbonyl (C=O) groups is 2. The predicted octanol–water partition coefficient (Wildman–Crippen LogP) is 2.46. The van der Waals surface area contributed by atoms with Crippen molar-refractivity contribution in [1.29, 1.82) is 0 Å². The summed E-state index contributed by atoms with van der Waals surface area (Å²) in [5.74, 6) is 0.170. The molecule has 0 atom stereocenters. The number of ketones is 1. The number of nitrogens with one attached hydrogen (secondary N) is 1. The number of esters is 1. The maximum absolute atomic E-state index is 12.1. The van der Waals surface area contributed by atoms with E-state index in [2.05, 4.69) is 5.32 Å². The number of carbonyl (C=O) groups excluding carboxylic acids is 2. The summed E-state index contributed by atoms with van der Waals surface area (Å²) in [6, 6.07) is 0.347. The third-order valence-corrected chi connectivity index (χ3v) is 3.33. The van der Waals surface area contributed by atoms with Crippen molar-refractivity contribution in [3.63, 3.8) is 0 Å². The smallest absolute Gasteiger partial charge is 0.313 e. The van der Waals surface area contributed by atoms with Crippen molar-refractivity contribution in [3.8, 4) is 0 Å². The van der Waals surface area contributed by atoms with Crippen molar-refractivity contribution in [2.24, 2.45) is 5.41 Å². The van der Waals surface area contributed by atoms with Gasteiger partial charge in [-0.15, -0.1) is 0 Å². The maximum Gasteiger partial charge on any atom is 0.313 e. The Bertz CT molecular complexity index is 332. The molecule has 0 saturated heterocycles. The van der Waals surface area contributed by atoms with Gasteiger partial charge in [-0.1, -0.05) is 0 Å². The first-order valence-electron chi connectivity index (χ1n) is 7.09. The molecule has 0 heterocycles. The van der Waals surface area contributed by atoms with E-state index in [1.165, 1.54) is 0 Å². The minimum atomic E-state index is -0.547. The Kier molecular flexibility index (Phi) is 5.13. The van der Waals surface area contributed by atoms with Gasteiger partial charge in [-0.25, -0.2) is 0 Å². The van der Waals surface area contributed by atoms with Crippen molar-refractivity contribution < 1.29 is 14.3 Å². The van der Waals surface area contributed by atoms with E-state index in [-0.39, 0.29) is 5.97 Å². The van der Waals surface area contributed by atoms with Gasteiger partial charge in [0.05, 0.1) is 5.41 Å². The Morgan fingerprint density at radius 3 is 2.21 bits per heavy atom. The molecule has 1 N–H and O–H groups in total. The minimum Gasteiger partial charge on any atom is -0.460 e. The van der Waals surface area contributed by atoms with Crippen LogP contribution in [0.3, 0.4) is 0 Å². The van der Waals surface area contributed by atoms with Crippen molar-refractivity contribution >= 4 is 11.8 Å². The molecule has 0 unspecified atom stereocenters. The van der Waals surface area contributed by atoms with Gasteiger partial charge in [-0.3, -0.25) is 9.59 Å². The Hall–Kier alpha value is -0.900. The molecular formula is C15H27NO3. The Balaban J connectivity index is 2.41. The summed E-state index contributed by atoms with van der Waals surface area (Å²) < 4.78 is 5.43. The fourth-order valence-electron chi connectivity index (χ4n) is 2.03. The summed E-state index contributed by atoms with van der Waals surface area (Å²) in [7, 11) is 0. The highest BCUT2D eigenvalue weighted by Crippen LogP contribution is 2.22. The van der Waals surface area contributed by atoms with E-state index in [9.17, 15) is 9.59 Å². The molecule has 0 spiro atoms. The van der Waals surface area contributed by atoms with Gasteiger partial charge in [0, 0.05) is 25.4 Å². The van der Waals surface area contributed by atoms with Gasteiger partial charge < -0.3 is 10.1 Å². The zero-order chi connectivity index (χ0) is 14.7. The Morgan fingerprint density at radius 2 is 1.74 bits per heavy atom. The van der Waals surface area contributed by atoms with Crippen molar-refractivity contribution in [1.82, 2.24) is 5.32 Å². The van der Waals surface area contributed by atoms with E-state index in [1.807, 2.05) is 34.6 Å². The molecule has 4 nitrogen and oxygen atoms in total. The molecule has 0 radical (unpaired) electrons. The summed E-state index contributed by atoms with van der Waals surface area (Å²) in [6.45, 7) is 9.99. The van der Waals surface area contributed by atoms with E-state index in [0.717, 1.165) is 12.8 Å². The summed E-state index contributed by atoms with van der Waals surface area (Å²) in [4.78, 5) is 23.3. The van der Waals surface area contributed by atoms with Gasteiger partial charge >= 0.3 is 5.97 Å². The van der Waals surface area contributed by atoms with Gasteiger partial charge in [0.1, 0.15) is 11.4 Å². The molecule has 0 aromatic carbocycles. The average Bonchev–Trinajstić information content (AvgIpc) is 2.26. The topological polar surface area (TPSA) is 55.4 Å². The van der Waals surface area contributed by atoms with Crippen LogP contribution in [-0.4, -0.2) is 29.9 Å². The lowest BCUT2D eigenvalue weighted by Gasteiger charge is -2.31.